The predicted octanol–water partition coefficient (Wildman–Crippen LogP) is 1.96. The fourth-order valence-corrected chi connectivity index (χ4v) is 3.38. The zero-order valence-electron chi connectivity index (χ0n) is 14.6. The van der Waals surface area contributed by atoms with Gasteiger partial charge in [-0.3, -0.25) is 4.79 Å². The van der Waals surface area contributed by atoms with E-state index in [9.17, 15) is 4.79 Å². The maximum atomic E-state index is 13.0. The molecule has 2 aliphatic rings. The van der Waals surface area contributed by atoms with Crippen LogP contribution in [-0.2, 0) is 4.74 Å². The van der Waals surface area contributed by atoms with Crippen molar-refractivity contribution in [2.75, 3.05) is 44.3 Å². The summed E-state index contributed by atoms with van der Waals surface area (Å²) in [6, 6.07) is 3.85. The van der Waals surface area contributed by atoms with Crippen molar-refractivity contribution in [3.63, 3.8) is 0 Å². The molecular formula is C17H28Cl2N4O2. The molecule has 142 valence electrons. The monoisotopic (exact) mass is 390 g/mol. The van der Waals surface area contributed by atoms with Crippen LogP contribution in [0.5, 0.6) is 0 Å². The lowest BCUT2D eigenvalue weighted by Crippen LogP contribution is -2.45. The number of hydrogen-bond acceptors (Lipinski definition) is 5. The van der Waals surface area contributed by atoms with E-state index >= 15 is 0 Å². The Labute approximate surface area is 161 Å². The molecule has 0 aromatic carbocycles. The number of piperidine rings is 1. The fraction of sp³-hybridized carbons (Fsp3) is 0.647. The summed E-state index contributed by atoms with van der Waals surface area (Å²) in [5, 5.41) is 0. The third-order valence-corrected chi connectivity index (χ3v) is 4.82. The topological polar surface area (TPSA) is 71.7 Å². The second-order valence-electron chi connectivity index (χ2n) is 6.49. The van der Waals surface area contributed by atoms with Gasteiger partial charge >= 0.3 is 0 Å². The van der Waals surface area contributed by atoms with Crippen LogP contribution in [0.15, 0.2) is 18.3 Å². The molecule has 8 heteroatoms. The largest absolute Gasteiger partial charge is 0.378 e. The van der Waals surface area contributed by atoms with Crippen LogP contribution in [0.3, 0.4) is 0 Å². The highest BCUT2D eigenvalue weighted by atomic mass is 35.5. The lowest BCUT2D eigenvalue weighted by molar-refractivity contribution is 0.0660. The molecule has 0 aliphatic carbocycles. The number of ether oxygens (including phenoxy) is 1. The molecule has 3 rings (SSSR count). The molecule has 6 nitrogen and oxygen atoms in total. The summed E-state index contributed by atoms with van der Waals surface area (Å²) >= 11 is 0. The van der Waals surface area contributed by atoms with Gasteiger partial charge < -0.3 is 20.3 Å². The molecule has 2 N–H and O–H groups in total. The van der Waals surface area contributed by atoms with Gasteiger partial charge in [0.1, 0.15) is 5.82 Å². The number of amides is 1. The maximum absolute atomic E-state index is 13.0. The molecule has 2 saturated heterocycles. The van der Waals surface area contributed by atoms with E-state index in [4.69, 9.17) is 10.5 Å². The minimum absolute atomic E-state index is 0. The third-order valence-electron chi connectivity index (χ3n) is 4.82. The van der Waals surface area contributed by atoms with E-state index in [1.54, 1.807) is 6.20 Å². The van der Waals surface area contributed by atoms with Crippen LogP contribution in [0.4, 0.5) is 5.82 Å². The van der Waals surface area contributed by atoms with Gasteiger partial charge in [-0.05, 0) is 37.8 Å². The Morgan fingerprint density at radius 3 is 2.72 bits per heavy atom. The van der Waals surface area contributed by atoms with E-state index in [-0.39, 0.29) is 36.8 Å². The fourth-order valence-electron chi connectivity index (χ4n) is 3.38. The van der Waals surface area contributed by atoms with Crippen LogP contribution in [0.1, 0.15) is 30.1 Å². The maximum Gasteiger partial charge on any atom is 0.257 e. The van der Waals surface area contributed by atoms with Crippen molar-refractivity contribution in [2.45, 2.75) is 25.8 Å². The first-order valence-electron chi connectivity index (χ1n) is 8.49. The second kappa shape index (κ2) is 10.2. The third kappa shape index (κ3) is 5.20. The van der Waals surface area contributed by atoms with Crippen LogP contribution >= 0.6 is 24.8 Å². The summed E-state index contributed by atoms with van der Waals surface area (Å²) < 4.78 is 5.40. The average molecular weight is 391 g/mol. The van der Waals surface area contributed by atoms with Crippen molar-refractivity contribution >= 4 is 36.5 Å². The molecule has 2 atom stereocenters. The number of aromatic nitrogens is 1. The number of likely N-dealkylation sites (tertiary alicyclic amines) is 1. The van der Waals surface area contributed by atoms with E-state index < -0.39 is 0 Å². The van der Waals surface area contributed by atoms with Gasteiger partial charge in [0, 0.05) is 38.4 Å². The number of nitrogens with zero attached hydrogens (tertiary/aromatic N) is 3. The Hall–Kier alpha value is -1.08. The molecule has 0 radical (unpaired) electrons. The summed E-state index contributed by atoms with van der Waals surface area (Å²) in [5.41, 5.74) is 6.74. The average Bonchev–Trinajstić information content (AvgIpc) is 2.62. The van der Waals surface area contributed by atoms with Gasteiger partial charge in [-0.25, -0.2) is 4.98 Å². The molecule has 0 saturated carbocycles. The zero-order valence-corrected chi connectivity index (χ0v) is 16.2. The number of rotatable bonds is 3. The van der Waals surface area contributed by atoms with Crippen molar-refractivity contribution < 1.29 is 9.53 Å². The number of carbonyl (C=O) groups excluding carboxylic acids is 1. The molecule has 2 aliphatic heterocycles. The summed E-state index contributed by atoms with van der Waals surface area (Å²) in [6.45, 7) is 6.50. The van der Waals surface area contributed by atoms with E-state index in [2.05, 4.69) is 9.88 Å². The van der Waals surface area contributed by atoms with E-state index in [1.807, 2.05) is 24.0 Å². The standard InChI is InChI=1S/C17H26N4O2.2ClH/c1-13(18)14-4-3-7-21(12-14)17(22)15-5-2-6-19-16(15)20-8-10-23-11-9-20;;/h2,5-6,13-14H,3-4,7-12,18H2,1H3;2*1H. The lowest BCUT2D eigenvalue weighted by atomic mass is 9.92. The Morgan fingerprint density at radius 2 is 2.04 bits per heavy atom. The van der Waals surface area contributed by atoms with E-state index in [0.29, 0.717) is 24.7 Å². The zero-order chi connectivity index (χ0) is 16.2. The molecule has 3 heterocycles. The molecule has 1 aromatic rings. The van der Waals surface area contributed by atoms with Crippen LogP contribution in [0, 0.1) is 5.92 Å². The Bertz CT molecular complexity index is 553. The van der Waals surface area contributed by atoms with Crippen LogP contribution in [0.2, 0.25) is 0 Å². The van der Waals surface area contributed by atoms with Gasteiger partial charge in [0.2, 0.25) is 0 Å². The normalized spacial score (nSPS) is 21.8. The highest BCUT2D eigenvalue weighted by molar-refractivity contribution is 5.99. The highest BCUT2D eigenvalue weighted by Gasteiger charge is 2.29. The number of carbonyl (C=O) groups is 1. The van der Waals surface area contributed by atoms with E-state index in [0.717, 1.165) is 44.8 Å². The molecule has 2 fully saturated rings. The first-order valence-corrected chi connectivity index (χ1v) is 8.49. The van der Waals surface area contributed by atoms with Crippen LogP contribution in [-0.4, -0.2) is 61.2 Å². The van der Waals surface area contributed by atoms with Crippen LogP contribution in [0.25, 0.3) is 0 Å². The highest BCUT2D eigenvalue weighted by Crippen LogP contribution is 2.24. The summed E-state index contributed by atoms with van der Waals surface area (Å²) in [5.74, 6) is 1.24. The van der Waals surface area contributed by atoms with Gasteiger partial charge in [0.15, 0.2) is 0 Å². The number of hydrogen-bond donors (Lipinski definition) is 1. The number of anilines is 1. The number of nitrogens with two attached hydrogens (primary N) is 1. The van der Waals surface area contributed by atoms with Gasteiger partial charge in [-0.15, -0.1) is 24.8 Å². The predicted molar refractivity (Wildman–Crippen MR) is 104 cm³/mol. The van der Waals surface area contributed by atoms with Gasteiger partial charge in [-0.1, -0.05) is 0 Å². The molecule has 0 bridgehead atoms. The molecule has 0 spiro atoms. The van der Waals surface area contributed by atoms with Gasteiger partial charge in [-0.2, -0.15) is 0 Å². The lowest BCUT2D eigenvalue weighted by Gasteiger charge is -2.36. The molecule has 1 aromatic heterocycles. The molecule has 25 heavy (non-hydrogen) atoms. The first-order chi connectivity index (χ1) is 11.2. The summed E-state index contributed by atoms with van der Waals surface area (Å²) in [6.07, 6.45) is 3.87. The van der Waals surface area contributed by atoms with Crippen molar-refractivity contribution in [2.24, 2.45) is 11.7 Å². The summed E-state index contributed by atoms with van der Waals surface area (Å²) in [7, 11) is 0. The van der Waals surface area contributed by atoms with Crippen molar-refractivity contribution in [1.82, 2.24) is 9.88 Å². The Kier molecular flexibility index (Phi) is 8.93. The molecule has 1 amide bonds. The SMILES string of the molecule is CC(N)C1CCCN(C(=O)c2cccnc2N2CCOCC2)C1.Cl.Cl. The number of pyridine rings is 1. The van der Waals surface area contributed by atoms with Crippen molar-refractivity contribution in [1.29, 1.82) is 0 Å². The van der Waals surface area contributed by atoms with Crippen LogP contribution < -0.4 is 10.6 Å². The quantitative estimate of drug-likeness (QED) is 0.853. The molecular weight excluding hydrogens is 363 g/mol. The van der Waals surface area contributed by atoms with E-state index in [1.165, 1.54) is 0 Å². The Balaban J connectivity index is 0.00000156. The molecule has 2 unspecified atom stereocenters. The second-order valence-corrected chi connectivity index (χ2v) is 6.49. The number of halogens is 2. The van der Waals surface area contributed by atoms with Gasteiger partial charge in [0.05, 0.1) is 18.8 Å². The minimum atomic E-state index is 0. The smallest absolute Gasteiger partial charge is 0.257 e. The Morgan fingerprint density at radius 1 is 1.32 bits per heavy atom. The summed E-state index contributed by atoms with van der Waals surface area (Å²) in [4.78, 5) is 21.6. The first kappa shape index (κ1) is 22.0. The minimum Gasteiger partial charge on any atom is -0.378 e. The van der Waals surface area contributed by atoms with Crippen molar-refractivity contribution in [3.8, 4) is 0 Å². The van der Waals surface area contributed by atoms with Gasteiger partial charge in [0.25, 0.3) is 5.91 Å². The number of morpholine rings is 1. The van der Waals surface area contributed by atoms with Crippen molar-refractivity contribution in [3.05, 3.63) is 23.9 Å².